The Labute approximate surface area is 139 Å². The van der Waals surface area contributed by atoms with Gasteiger partial charge in [-0.1, -0.05) is 32.0 Å². The van der Waals surface area contributed by atoms with E-state index in [1.54, 1.807) is 12.1 Å². The smallest absolute Gasteiger partial charge is 0.242 e. The van der Waals surface area contributed by atoms with E-state index >= 15 is 0 Å². The molecule has 0 radical (unpaired) electrons. The third kappa shape index (κ3) is 3.77. The van der Waals surface area contributed by atoms with Crippen molar-refractivity contribution in [1.82, 2.24) is 9.88 Å². The minimum atomic E-state index is -3.62. The van der Waals surface area contributed by atoms with Gasteiger partial charge in [0.15, 0.2) is 0 Å². The second-order valence-corrected chi connectivity index (χ2v) is 8.79. The molecule has 0 aliphatic rings. The first-order valence-electron chi connectivity index (χ1n) is 6.81. The highest BCUT2D eigenvalue weighted by molar-refractivity contribution is 9.10. The molecule has 0 aliphatic carbocycles. The molecule has 7 heteroatoms. The number of nitrogens with one attached hydrogen (secondary N) is 1. The van der Waals surface area contributed by atoms with Gasteiger partial charge in [-0.05, 0) is 40.5 Å². The molecule has 0 saturated heterocycles. The van der Waals surface area contributed by atoms with Crippen molar-refractivity contribution in [2.24, 2.45) is 0 Å². The Morgan fingerprint density at radius 1 is 1.32 bits per heavy atom. The summed E-state index contributed by atoms with van der Waals surface area (Å²) >= 11 is 3.28. The standard InChI is InChI=1S/C15H19BrN2O3S/c1-10-5-6-12(16)13(7-10)22(19,20)17-8-11-9-21-18-14(11)15(2,3)4/h5-7,9,17H,8H2,1-4H3. The van der Waals surface area contributed by atoms with Gasteiger partial charge in [-0.2, -0.15) is 0 Å². The zero-order valence-corrected chi connectivity index (χ0v) is 15.4. The van der Waals surface area contributed by atoms with E-state index in [-0.39, 0.29) is 16.9 Å². The summed E-state index contributed by atoms with van der Waals surface area (Å²) in [6.07, 6.45) is 1.48. The van der Waals surface area contributed by atoms with E-state index in [0.29, 0.717) is 4.47 Å². The van der Waals surface area contributed by atoms with Crippen LogP contribution in [0.15, 0.2) is 38.4 Å². The quantitative estimate of drug-likeness (QED) is 0.871. The number of aromatic nitrogens is 1. The molecule has 22 heavy (non-hydrogen) atoms. The van der Waals surface area contributed by atoms with E-state index in [9.17, 15) is 8.42 Å². The van der Waals surface area contributed by atoms with Gasteiger partial charge >= 0.3 is 0 Å². The van der Waals surface area contributed by atoms with Crippen molar-refractivity contribution in [3.8, 4) is 0 Å². The van der Waals surface area contributed by atoms with Crippen LogP contribution in [0.25, 0.3) is 0 Å². The van der Waals surface area contributed by atoms with Crippen molar-refractivity contribution < 1.29 is 12.9 Å². The van der Waals surface area contributed by atoms with Crippen molar-refractivity contribution in [2.75, 3.05) is 0 Å². The van der Waals surface area contributed by atoms with Gasteiger partial charge in [-0.25, -0.2) is 13.1 Å². The summed E-state index contributed by atoms with van der Waals surface area (Å²) in [5.41, 5.74) is 2.15. The normalized spacial score (nSPS) is 12.6. The minimum Gasteiger partial charge on any atom is -0.364 e. The highest BCUT2D eigenvalue weighted by Crippen LogP contribution is 2.26. The average Bonchev–Trinajstić information content (AvgIpc) is 2.88. The van der Waals surface area contributed by atoms with Crippen LogP contribution in [0.1, 0.15) is 37.6 Å². The minimum absolute atomic E-state index is 0.138. The maximum absolute atomic E-state index is 12.5. The third-order valence-corrected chi connectivity index (χ3v) is 5.58. The van der Waals surface area contributed by atoms with E-state index in [1.165, 1.54) is 6.26 Å². The SMILES string of the molecule is Cc1ccc(Br)c(S(=O)(=O)NCc2conc2C(C)(C)C)c1. The first kappa shape index (κ1) is 17.2. The van der Waals surface area contributed by atoms with Gasteiger partial charge in [0, 0.05) is 22.0 Å². The molecule has 0 unspecified atom stereocenters. The Morgan fingerprint density at radius 2 is 2.00 bits per heavy atom. The number of aryl methyl sites for hydroxylation is 1. The molecule has 1 heterocycles. The second-order valence-electron chi connectivity index (χ2n) is 6.20. The van der Waals surface area contributed by atoms with Crippen molar-refractivity contribution >= 4 is 26.0 Å². The van der Waals surface area contributed by atoms with Crippen LogP contribution < -0.4 is 4.72 Å². The summed E-state index contributed by atoms with van der Waals surface area (Å²) in [4.78, 5) is 0.223. The van der Waals surface area contributed by atoms with Crippen LogP contribution in [0.4, 0.5) is 0 Å². The summed E-state index contributed by atoms with van der Waals surface area (Å²) in [5.74, 6) is 0. The average molecular weight is 387 g/mol. The maximum Gasteiger partial charge on any atom is 0.242 e. The van der Waals surface area contributed by atoms with Crippen LogP contribution >= 0.6 is 15.9 Å². The summed E-state index contributed by atoms with van der Waals surface area (Å²) in [5, 5.41) is 3.97. The van der Waals surface area contributed by atoms with E-state index < -0.39 is 10.0 Å². The molecule has 0 atom stereocenters. The van der Waals surface area contributed by atoms with Gasteiger partial charge in [0.2, 0.25) is 10.0 Å². The van der Waals surface area contributed by atoms with Gasteiger partial charge < -0.3 is 4.52 Å². The number of hydrogen-bond acceptors (Lipinski definition) is 4. The lowest BCUT2D eigenvalue weighted by Crippen LogP contribution is -2.25. The van der Waals surface area contributed by atoms with Gasteiger partial charge in [0.05, 0.1) is 10.6 Å². The molecule has 120 valence electrons. The summed E-state index contributed by atoms with van der Waals surface area (Å²) in [6, 6.07) is 5.20. The van der Waals surface area contributed by atoms with E-state index in [4.69, 9.17) is 4.52 Å². The lowest BCUT2D eigenvalue weighted by Gasteiger charge is -2.16. The molecular weight excluding hydrogens is 368 g/mol. The highest BCUT2D eigenvalue weighted by atomic mass is 79.9. The summed E-state index contributed by atoms with van der Waals surface area (Å²) < 4.78 is 33.1. The predicted octanol–water partition coefficient (Wildman–Crippen LogP) is 3.52. The van der Waals surface area contributed by atoms with E-state index in [2.05, 4.69) is 25.8 Å². The fraction of sp³-hybridized carbons (Fsp3) is 0.400. The van der Waals surface area contributed by atoms with Gasteiger partial charge in [0.1, 0.15) is 6.26 Å². The number of benzene rings is 1. The van der Waals surface area contributed by atoms with Crippen LogP contribution in [-0.2, 0) is 22.0 Å². The molecule has 0 bridgehead atoms. The topological polar surface area (TPSA) is 72.2 Å². The van der Waals surface area contributed by atoms with E-state index in [0.717, 1.165) is 16.8 Å². The zero-order valence-electron chi connectivity index (χ0n) is 13.0. The van der Waals surface area contributed by atoms with Crippen LogP contribution in [0.2, 0.25) is 0 Å². The molecule has 0 amide bonds. The Kier molecular flexibility index (Phi) is 4.79. The Morgan fingerprint density at radius 3 is 2.64 bits per heavy atom. The second kappa shape index (κ2) is 6.14. The fourth-order valence-electron chi connectivity index (χ4n) is 2.07. The summed E-state index contributed by atoms with van der Waals surface area (Å²) in [7, 11) is -3.62. The largest absolute Gasteiger partial charge is 0.364 e. The lowest BCUT2D eigenvalue weighted by molar-refractivity contribution is 0.393. The van der Waals surface area contributed by atoms with E-state index in [1.807, 2.05) is 33.8 Å². The predicted molar refractivity (Wildman–Crippen MR) is 88.1 cm³/mol. The molecule has 2 rings (SSSR count). The molecule has 1 aromatic carbocycles. The van der Waals surface area contributed by atoms with Gasteiger partial charge in [0.25, 0.3) is 0 Å². The van der Waals surface area contributed by atoms with Gasteiger partial charge in [-0.15, -0.1) is 0 Å². The number of rotatable bonds is 4. The molecule has 0 fully saturated rings. The molecule has 0 saturated carbocycles. The molecule has 0 aliphatic heterocycles. The molecule has 2 aromatic rings. The first-order valence-corrected chi connectivity index (χ1v) is 9.08. The third-order valence-electron chi connectivity index (χ3n) is 3.18. The van der Waals surface area contributed by atoms with Crippen LogP contribution in [0.3, 0.4) is 0 Å². The molecule has 5 nitrogen and oxygen atoms in total. The molecule has 1 aromatic heterocycles. The number of nitrogens with zero attached hydrogens (tertiary/aromatic N) is 1. The van der Waals surface area contributed by atoms with Crippen molar-refractivity contribution in [2.45, 2.75) is 44.6 Å². The van der Waals surface area contributed by atoms with Crippen LogP contribution in [0, 0.1) is 6.92 Å². The first-order chi connectivity index (χ1) is 10.1. The number of sulfonamides is 1. The molecule has 0 spiro atoms. The monoisotopic (exact) mass is 386 g/mol. The zero-order chi connectivity index (χ0) is 16.5. The van der Waals surface area contributed by atoms with Gasteiger partial charge in [-0.3, -0.25) is 0 Å². The number of hydrogen-bond donors (Lipinski definition) is 1. The Hall–Kier alpha value is -1.18. The van der Waals surface area contributed by atoms with Crippen molar-refractivity contribution in [3.63, 3.8) is 0 Å². The summed E-state index contributed by atoms with van der Waals surface area (Å²) in [6.45, 7) is 7.99. The fourth-order valence-corrected chi connectivity index (χ4v) is 4.12. The Balaban J connectivity index is 2.24. The maximum atomic E-state index is 12.5. The van der Waals surface area contributed by atoms with Crippen LogP contribution in [-0.4, -0.2) is 13.6 Å². The Bertz CT molecular complexity index is 776. The van der Waals surface area contributed by atoms with Crippen molar-refractivity contribution in [1.29, 1.82) is 0 Å². The molecular formula is C15H19BrN2O3S. The van der Waals surface area contributed by atoms with Crippen molar-refractivity contribution in [3.05, 3.63) is 45.8 Å². The lowest BCUT2D eigenvalue weighted by atomic mass is 9.90. The number of halogens is 1. The molecule has 1 N–H and O–H groups in total. The van der Waals surface area contributed by atoms with Crippen LogP contribution in [0.5, 0.6) is 0 Å². The highest BCUT2D eigenvalue weighted by Gasteiger charge is 2.24.